The smallest absolute Gasteiger partial charge is 0.183 e. The zero-order valence-electron chi connectivity index (χ0n) is 12.2. The van der Waals surface area contributed by atoms with Crippen molar-refractivity contribution in [3.63, 3.8) is 0 Å². The minimum atomic E-state index is -3.50. The first-order chi connectivity index (χ1) is 8.58. The van der Waals surface area contributed by atoms with Gasteiger partial charge in [0.1, 0.15) is 5.78 Å². The molecule has 0 aliphatic heterocycles. The van der Waals surface area contributed by atoms with Crippen LogP contribution in [0.25, 0.3) is 0 Å². The molecular weight excluding hydrogens is 260 g/mol. The molecule has 1 aromatic rings. The molecular formula is C15H22O3S. The van der Waals surface area contributed by atoms with E-state index in [1.165, 1.54) is 6.92 Å². The number of sulfone groups is 1. The molecule has 1 rings (SSSR count). The van der Waals surface area contributed by atoms with Crippen molar-refractivity contribution >= 4 is 15.6 Å². The van der Waals surface area contributed by atoms with Crippen LogP contribution < -0.4 is 0 Å². The maximum absolute atomic E-state index is 12.5. The van der Waals surface area contributed by atoms with E-state index >= 15 is 0 Å². The lowest BCUT2D eigenvalue weighted by Crippen LogP contribution is -2.34. The Labute approximate surface area is 116 Å². The second-order valence-electron chi connectivity index (χ2n) is 5.87. The van der Waals surface area contributed by atoms with Crippen molar-refractivity contribution in [2.24, 2.45) is 0 Å². The lowest BCUT2D eigenvalue weighted by molar-refractivity contribution is -0.117. The number of ketones is 1. The zero-order chi connectivity index (χ0) is 14.8. The highest BCUT2D eigenvalue weighted by Crippen LogP contribution is 2.29. The van der Waals surface area contributed by atoms with Crippen LogP contribution in [0.15, 0.2) is 29.2 Å². The Hall–Kier alpha value is -1.16. The normalized spacial score (nSPS) is 12.7. The quantitative estimate of drug-likeness (QED) is 0.832. The minimum absolute atomic E-state index is 0.0290. The fraction of sp³-hybridized carbons (Fsp3) is 0.533. The van der Waals surface area contributed by atoms with Crippen molar-refractivity contribution < 1.29 is 13.2 Å². The van der Waals surface area contributed by atoms with Gasteiger partial charge in [-0.2, -0.15) is 0 Å². The summed E-state index contributed by atoms with van der Waals surface area (Å²) in [4.78, 5) is 11.5. The molecule has 3 nitrogen and oxygen atoms in total. The Morgan fingerprint density at radius 2 is 1.63 bits per heavy atom. The van der Waals surface area contributed by atoms with Gasteiger partial charge >= 0.3 is 0 Å². The van der Waals surface area contributed by atoms with Gasteiger partial charge in [0.25, 0.3) is 0 Å². The standard InChI is InChI=1S/C15H22O3S/c1-11(2)13-6-8-14(9-7-13)19(17,18)15(4,5)10-12(3)16/h6-9,11H,10H2,1-5H3. The molecule has 0 aliphatic rings. The maximum Gasteiger partial charge on any atom is 0.183 e. The molecule has 0 N–H and O–H groups in total. The summed E-state index contributed by atoms with van der Waals surface area (Å²) in [5.74, 6) is 0.245. The van der Waals surface area contributed by atoms with Gasteiger partial charge in [0.15, 0.2) is 9.84 Å². The molecule has 0 aromatic heterocycles. The second kappa shape index (κ2) is 5.45. The molecule has 0 atom stereocenters. The van der Waals surface area contributed by atoms with E-state index in [4.69, 9.17) is 0 Å². The van der Waals surface area contributed by atoms with Crippen LogP contribution in [0.5, 0.6) is 0 Å². The van der Waals surface area contributed by atoms with Crippen molar-refractivity contribution in [2.45, 2.75) is 56.6 Å². The van der Waals surface area contributed by atoms with E-state index < -0.39 is 14.6 Å². The minimum Gasteiger partial charge on any atom is -0.300 e. The predicted octanol–water partition coefficient (Wildman–Crippen LogP) is 3.34. The summed E-state index contributed by atoms with van der Waals surface area (Å²) in [7, 11) is -3.50. The van der Waals surface area contributed by atoms with E-state index in [9.17, 15) is 13.2 Å². The lowest BCUT2D eigenvalue weighted by atomic mass is 10.0. The van der Waals surface area contributed by atoms with Crippen LogP contribution in [-0.2, 0) is 14.6 Å². The Morgan fingerprint density at radius 1 is 1.16 bits per heavy atom. The van der Waals surface area contributed by atoms with Crippen molar-refractivity contribution in [1.29, 1.82) is 0 Å². The van der Waals surface area contributed by atoms with Gasteiger partial charge in [-0.3, -0.25) is 4.79 Å². The zero-order valence-corrected chi connectivity index (χ0v) is 13.0. The summed E-state index contributed by atoms with van der Waals surface area (Å²) in [6.45, 7) is 8.73. The number of rotatable bonds is 5. The summed E-state index contributed by atoms with van der Waals surface area (Å²) in [6, 6.07) is 6.93. The van der Waals surface area contributed by atoms with Gasteiger partial charge in [-0.15, -0.1) is 0 Å². The fourth-order valence-electron chi connectivity index (χ4n) is 2.05. The number of benzene rings is 1. The van der Waals surface area contributed by atoms with Crippen LogP contribution in [-0.4, -0.2) is 18.9 Å². The largest absolute Gasteiger partial charge is 0.300 e. The molecule has 0 saturated carbocycles. The topological polar surface area (TPSA) is 51.2 Å². The van der Waals surface area contributed by atoms with Gasteiger partial charge in [-0.1, -0.05) is 26.0 Å². The SMILES string of the molecule is CC(=O)CC(C)(C)S(=O)(=O)c1ccc(C(C)C)cc1. The van der Waals surface area contributed by atoms with E-state index in [2.05, 4.69) is 13.8 Å². The van der Waals surface area contributed by atoms with E-state index in [-0.39, 0.29) is 17.1 Å². The average molecular weight is 282 g/mol. The molecule has 0 spiro atoms. The van der Waals surface area contributed by atoms with Gasteiger partial charge in [0, 0.05) is 6.42 Å². The first-order valence-corrected chi connectivity index (χ1v) is 7.90. The summed E-state index contributed by atoms with van der Waals surface area (Å²) in [5.41, 5.74) is 1.10. The molecule has 106 valence electrons. The fourth-order valence-corrected chi connectivity index (χ4v) is 3.57. The maximum atomic E-state index is 12.5. The van der Waals surface area contributed by atoms with Crippen LogP contribution in [0.2, 0.25) is 0 Å². The highest BCUT2D eigenvalue weighted by molar-refractivity contribution is 7.92. The van der Waals surface area contributed by atoms with Gasteiger partial charge in [0.2, 0.25) is 0 Å². The van der Waals surface area contributed by atoms with Crippen molar-refractivity contribution in [3.05, 3.63) is 29.8 Å². The highest BCUT2D eigenvalue weighted by Gasteiger charge is 2.36. The highest BCUT2D eigenvalue weighted by atomic mass is 32.2. The third kappa shape index (κ3) is 3.44. The molecule has 1 aromatic carbocycles. The third-order valence-electron chi connectivity index (χ3n) is 3.26. The monoisotopic (exact) mass is 282 g/mol. The van der Waals surface area contributed by atoms with E-state index in [0.29, 0.717) is 5.92 Å². The average Bonchev–Trinajstić information content (AvgIpc) is 2.27. The summed E-state index contributed by atoms with van der Waals surface area (Å²) in [5, 5.41) is 0. The van der Waals surface area contributed by atoms with Crippen molar-refractivity contribution in [1.82, 2.24) is 0 Å². The van der Waals surface area contributed by atoms with Gasteiger partial charge < -0.3 is 0 Å². The predicted molar refractivity (Wildman–Crippen MR) is 77.1 cm³/mol. The Kier molecular flexibility index (Phi) is 4.56. The van der Waals surface area contributed by atoms with Gasteiger partial charge in [-0.25, -0.2) is 8.42 Å². The van der Waals surface area contributed by atoms with Crippen LogP contribution in [0.1, 0.15) is 52.5 Å². The van der Waals surface area contributed by atoms with Crippen LogP contribution in [0.3, 0.4) is 0 Å². The van der Waals surface area contributed by atoms with Crippen molar-refractivity contribution in [3.8, 4) is 0 Å². The van der Waals surface area contributed by atoms with Gasteiger partial charge in [0.05, 0.1) is 9.64 Å². The number of carbonyl (C=O) groups excluding carboxylic acids is 1. The molecule has 0 unspecified atom stereocenters. The molecule has 0 bridgehead atoms. The first kappa shape index (κ1) is 15.9. The molecule has 19 heavy (non-hydrogen) atoms. The number of hydrogen-bond acceptors (Lipinski definition) is 3. The number of carbonyl (C=O) groups is 1. The van der Waals surface area contributed by atoms with E-state index in [1.54, 1.807) is 26.0 Å². The molecule has 0 heterocycles. The summed E-state index contributed by atoms with van der Waals surface area (Å²) in [6.07, 6.45) is 0.0290. The van der Waals surface area contributed by atoms with E-state index in [0.717, 1.165) is 5.56 Å². The Balaban J connectivity index is 3.16. The molecule has 0 fully saturated rings. The molecule has 0 aliphatic carbocycles. The van der Waals surface area contributed by atoms with E-state index in [1.807, 2.05) is 12.1 Å². The molecule has 4 heteroatoms. The number of Topliss-reactive ketones (excluding diaryl/α,β-unsaturated/α-hetero) is 1. The van der Waals surface area contributed by atoms with Gasteiger partial charge in [-0.05, 0) is 44.4 Å². The Bertz CT molecular complexity index is 552. The van der Waals surface area contributed by atoms with Crippen LogP contribution >= 0.6 is 0 Å². The second-order valence-corrected chi connectivity index (χ2v) is 8.45. The van der Waals surface area contributed by atoms with Crippen molar-refractivity contribution in [2.75, 3.05) is 0 Å². The summed E-state index contributed by atoms with van der Waals surface area (Å²) < 4.78 is 24.0. The molecule has 0 radical (unpaired) electrons. The van der Waals surface area contributed by atoms with Crippen LogP contribution in [0.4, 0.5) is 0 Å². The number of hydrogen-bond donors (Lipinski definition) is 0. The Morgan fingerprint density at radius 3 is 2.00 bits per heavy atom. The van der Waals surface area contributed by atoms with Crippen LogP contribution in [0, 0.1) is 0 Å². The first-order valence-electron chi connectivity index (χ1n) is 6.42. The molecule has 0 amide bonds. The molecule has 0 saturated heterocycles. The summed E-state index contributed by atoms with van der Waals surface area (Å²) >= 11 is 0. The third-order valence-corrected chi connectivity index (χ3v) is 5.75. The lowest BCUT2D eigenvalue weighted by Gasteiger charge is -2.23.